The van der Waals surface area contributed by atoms with Gasteiger partial charge in [0.2, 0.25) is 11.8 Å². The minimum Gasteiger partial charge on any atom is -0.461 e. The number of rotatable bonds is 6. The smallest absolute Gasteiger partial charge is 0.270 e. The normalized spacial score (nSPS) is 11.8. The maximum absolute atomic E-state index is 13.4. The van der Waals surface area contributed by atoms with Crippen LogP contribution in [0.1, 0.15) is 11.1 Å². The predicted molar refractivity (Wildman–Crippen MR) is 133 cm³/mol. The maximum Gasteiger partial charge on any atom is 0.270 e. The number of carbonyl (C=O) groups excluding carboxylic acids is 1. The van der Waals surface area contributed by atoms with E-state index in [0.29, 0.717) is 34.8 Å². The van der Waals surface area contributed by atoms with Crippen LogP contribution in [0.3, 0.4) is 0 Å². The van der Waals surface area contributed by atoms with Crippen LogP contribution in [0.4, 0.5) is 5.95 Å². The third-order valence-corrected chi connectivity index (χ3v) is 5.51. The average Bonchev–Trinajstić information content (AvgIpc) is 3.67. The molecule has 0 fully saturated rings. The second-order valence-corrected chi connectivity index (χ2v) is 7.90. The fraction of sp³-hybridized carbons (Fsp3) is 0.0400. The minimum atomic E-state index is -0.342. The zero-order valence-electron chi connectivity index (χ0n) is 18.8. The van der Waals surface area contributed by atoms with Crippen LogP contribution in [-0.2, 0) is 11.3 Å². The Balaban J connectivity index is 1.46. The summed E-state index contributed by atoms with van der Waals surface area (Å²) < 4.78 is 8.30. The van der Waals surface area contributed by atoms with Gasteiger partial charge in [0.15, 0.2) is 17.1 Å². The summed E-state index contributed by atoms with van der Waals surface area (Å²) in [6.45, 7) is 0.300. The lowest BCUT2D eigenvalue weighted by atomic mass is 10.2. The monoisotopic (exact) mass is 477 g/mol. The van der Waals surface area contributed by atoms with Crippen molar-refractivity contribution in [3.8, 4) is 11.6 Å². The molecule has 176 valence electrons. The van der Waals surface area contributed by atoms with Crippen molar-refractivity contribution in [3.05, 3.63) is 90.6 Å². The number of nitrogens with zero attached hydrogens (tertiary/aromatic N) is 7. The van der Waals surface area contributed by atoms with Crippen molar-refractivity contribution < 1.29 is 9.21 Å². The summed E-state index contributed by atoms with van der Waals surface area (Å²) in [4.78, 5) is 26.6. The Morgan fingerprint density at radius 2 is 1.92 bits per heavy atom. The fourth-order valence-corrected chi connectivity index (χ4v) is 3.80. The van der Waals surface area contributed by atoms with E-state index in [1.807, 2.05) is 42.5 Å². The van der Waals surface area contributed by atoms with Crippen LogP contribution in [0.2, 0.25) is 0 Å². The highest BCUT2D eigenvalue weighted by molar-refractivity contribution is 6.19. The largest absolute Gasteiger partial charge is 0.461 e. The molecule has 0 atom stereocenters. The summed E-state index contributed by atoms with van der Waals surface area (Å²) in [6.07, 6.45) is 8.25. The Kier molecular flexibility index (Phi) is 5.19. The van der Waals surface area contributed by atoms with E-state index in [0.717, 1.165) is 11.1 Å². The van der Waals surface area contributed by atoms with E-state index in [-0.39, 0.29) is 17.6 Å². The molecule has 0 aliphatic carbocycles. The van der Waals surface area contributed by atoms with Gasteiger partial charge in [-0.05, 0) is 35.4 Å². The molecule has 0 saturated heterocycles. The zero-order valence-corrected chi connectivity index (χ0v) is 18.8. The molecule has 36 heavy (non-hydrogen) atoms. The van der Waals surface area contributed by atoms with E-state index in [1.165, 1.54) is 9.20 Å². The van der Waals surface area contributed by atoms with Gasteiger partial charge in [-0.3, -0.25) is 9.78 Å². The van der Waals surface area contributed by atoms with Crippen LogP contribution < -0.4 is 11.1 Å². The Hall–Kier alpha value is -5.32. The molecule has 1 amide bonds. The van der Waals surface area contributed by atoms with Gasteiger partial charge >= 0.3 is 0 Å². The average molecular weight is 477 g/mol. The number of anilines is 1. The Bertz CT molecular complexity index is 1700. The Morgan fingerprint density at radius 1 is 1.03 bits per heavy atom. The lowest BCUT2D eigenvalue weighted by molar-refractivity contribution is -0.116. The molecule has 5 heterocycles. The molecule has 0 spiro atoms. The molecule has 0 saturated carbocycles. The number of furan rings is 1. The van der Waals surface area contributed by atoms with Gasteiger partial charge in [-0.15, -0.1) is 5.10 Å². The van der Waals surface area contributed by atoms with E-state index in [4.69, 9.17) is 10.2 Å². The second-order valence-electron chi connectivity index (χ2n) is 7.90. The summed E-state index contributed by atoms with van der Waals surface area (Å²) in [5.74, 6) is 0.617. The first-order valence-electron chi connectivity index (χ1n) is 11.1. The van der Waals surface area contributed by atoms with E-state index < -0.39 is 0 Å². The van der Waals surface area contributed by atoms with Gasteiger partial charge in [-0.2, -0.15) is 14.6 Å². The molecule has 0 aliphatic rings. The molecule has 0 aliphatic heterocycles. The van der Waals surface area contributed by atoms with Crippen molar-refractivity contribution >= 4 is 40.3 Å². The first kappa shape index (κ1) is 21.2. The molecular formula is C25H19N9O2. The first-order valence-corrected chi connectivity index (χ1v) is 11.1. The van der Waals surface area contributed by atoms with Crippen LogP contribution in [0.15, 0.2) is 83.9 Å². The summed E-state index contributed by atoms with van der Waals surface area (Å²) in [6, 6.07) is 16.7. The number of nitrogens with two attached hydrogens (primary N) is 1. The van der Waals surface area contributed by atoms with Crippen LogP contribution >= 0.6 is 0 Å². The van der Waals surface area contributed by atoms with Crippen molar-refractivity contribution in [1.82, 2.24) is 39.7 Å². The van der Waals surface area contributed by atoms with Gasteiger partial charge in [0.25, 0.3) is 5.91 Å². The number of pyridine rings is 1. The molecule has 3 N–H and O–H groups in total. The van der Waals surface area contributed by atoms with Gasteiger partial charge in [0.1, 0.15) is 5.70 Å². The second kappa shape index (κ2) is 8.80. The summed E-state index contributed by atoms with van der Waals surface area (Å²) in [7, 11) is 0. The van der Waals surface area contributed by atoms with Gasteiger partial charge in [-0.1, -0.05) is 36.4 Å². The highest BCUT2D eigenvalue weighted by Crippen LogP contribution is 2.25. The van der Waals surface area contributed by atoms with Gasteiger partial charge < -0.3 is 15.5 Å². The van der Waals surface area contributed by atoms with Crippen LogP contribution in [0, 0.1) is 0 Å². The molecule has 5 aromatic heterocycles. The fourth-order valence-electron chi connectivity index (χ4n) is 3.80. The Morgan fingerprint density at radius 3 is 2.69 bits per heavy atom. The van der Waals surface area contributed by atoms with Crippen LogP contribution in [0.5, 0.6) is 0 Å². The van der Waals surface area contributed by atoms with Gasteiger partial charge in [0.05, 0.1) is 17.8 Å². The minimum absolute atomic E-state index is 0.0967. The summed E-state index contributed by atoms with van der Waals surface area (Å²) in [5.41, 5.74) is 9.01. The van der Waals surface area contributed by atoms with Crippen LogP contribution in [0.25, 0.3) is 40.0 Å². The number of fused-ring (bicyclic) bond motifs is 3. The number of carbonyl (C=O) groups is 1. The van der Waals surface area contributed by atoms with Crippen LogP contribution in [-0.4, -0.2) is 40.3 Å². The Labute approximate surface area is 203 Å². The highest BCUT2D eigenvalue weighted by Gasteiger charge is 2.21. The lowest BCUT2D eigenvalue weighted by Crippen LogP contribution is -2.26. The van der Waals surface area contributed by atoms with Crippen molar-refractivity contribution in [2.24, 2.45) is 0 Å². The van der Waals surface area contributed by atoms with Crippen molar-refractivity contribution in [2.45, 2.75) is 6.54 Å². The quantitative estimate of drug-likeness (QED) is 0.349. The predicted octanol–water partition coefficient (Wildman–Crippen LogP) is 3.03. The molecule has 6 aromatic rings. The molecule has 11 nitrogen and oxygen atoms in total. The molecule has 0 unspecified atom stereocenters. The van der Waals surface area contributed by atoms with Gasteiger partial charge in [-0.25, -0.2) is 9.67 Å². The van der Waals surface area contributed by atoms with Crippen molar-refractivity contribution in [3.63, 3.8) is 0 Å². The van der Waals surface area contributed by atoms with Crippen molar-refractivity contribution in [2.75, 3.05) is 5.73 Å². The number of aromatic nitrogens is 7. The van der Waals surface area contributed by atoms with E-state index in [2.05, 4.69) is 30.5 Å². The van der Waals surface area contributed by atoms with E-state index >= 15 is 0 Å². The SMILES string of the molecule is Nc1nc2c(cnn2/C(=C/c2ccccc2)C(=O)NCc2cccnc2)c2nc(-c3ccco3)nn12. The van der Waals surface area contributed by atoms with E-state index in [1.54, 1.807) is 43.1 Å². The zero-order chi connectivity index (χ0) is 24.5. The standard InChI is InChI=1S/C25H19N9O2/c26-25-31-23-18(22-30-21(32-34(22)25)20-9-5-11-36-20)15-29-33(23)19(12-16-6-2-1-3-7-16)24(35)28-14-17-8-4-10-27-13-17/h1-13,15H,14H2,(H2,26,31)(H,28,35)/b19-12+. The summed E-state index contributed by atoms with van der Waals surface area (Å²) in [5, 5.41) is 12.4. The third-order valence-electron chi connectivity index (χ3n) is 5.51. The van der Waals surface area contributed by atoms with Gasteiger partial charge in [0, 0.05) is 18.9 Å². The molecule has 6 rings (SSSR count). The molecule has 0 radical (unpaired) electrons. The number of hydrogen-bond donors (Lipinski definition) is 2. The third kappa shape index (κ3) is 3.84. The molecule has 11 heteroatoms. The number of nitrogens with one attached hydrogen (secondary N) is 1. The topological polar surface area (TPSA) is 142 Å². The van der Waals surface area contributed by atoms with E-state index in [9.17, 15) is 4.79 Å². The highest BCUT2D eigenvalue weighted by atomic mass is 16.3. The molecule has 1 aromatic carbocycles. The molecule has 0 bridgehead atoms. The number of benzene rings is 1. The first-order chi connectivity index (χ1) is 17.7. The maximum atomic E-state index is 13.4. The lowest BCUT2D eigenvalue weighted by Gasteiger charge is -2.11. The number of nitrogen functional groups attached to an aromatic ring is 1. The number of hydrogen-bond acceptors (Lipinski definition) is 8. The summed E-state index contributed by atoms with van der Waals surface area (Å²) >= 11 is 0. The number of amides is 1. The molecular weight excluding hydrogens is 458 g/mol. The van der Waals surface area contributed by atoms with Crippen molar-refractivity contribution in [1.29, 1.82) is 0 Å².